The summed E-state index contributed by atoms with van der Waals surface area (Å²) < 4.78 is 0. The van der Waals surface area contributed by atoms with Gasteiger partial charge in [0.1, 0.15) is 0 Å². The van der Waals surface area contributed by atoms with E-state index in [1.54, 1.807) is 0 Å². The highest BCUT2D eigenvalue weighted by atomic mass is 32.2. The first-order chi connectivity index (χ1) is 8.31. The first-order valence-corrected chi connectivity index (χ1v) is 7.91. The van der Waals surface area contributed by atoms with Crippen LogP contribution in [0.2, 0.25) is 0 Å². The summed E-state index contributed by atoms with van der Waals surface area (Å²) in [6, 6.07) is 0.509. The lowest BCUT2D eigenvalue weighted by Crippen LogP contribution is -2.50. The van der Waals surface area contributed by atoms with E-state index in [-0.39, 0.29) is 0 Å². The number of rotatable bonds is 5. The first kappa shape index (κ1) is 14.6. The van der Waals surface area contributed by atoms with Crippen LogP contribution in [0.5, 0.6) is 0 Å². The molecule has 2 unspecified atom stereocenters. The van der Waals surface area contributed by atoms with E-state index in [2.05, 4.69) is 28.9 Å². The van der Waals surface area contributed by atoms with E-state index in [0.29, 0.717) is 11.3 Å². The highest BCUT2D eigenvalue weighted by molar-refractivity contribution is 7.99. The molecule has 2 atom stereocenters. The van der Waals surface area contributed by atoms with E-state index >= 15 is 0 Å². The molecule has 0 spiro atoms. The summed E-state index contributed by atoms with van der Waals surface area (Å²) in [6.07, 6.45) is 9.64. The molecule has 0 aliphatic heterocycles. The Kier molecular flexibility index (Phi) is 7.44. The van der Waals surface area contributed by atoms with Crippen molar-refractivity contribution in [1.82, 2.24) is 10.7 Å². The molecule has 100 valence electrons. The van der Waals surface area contributed by atoms with Crippen LogP contribution in [0, 0.1) is 0 Å². The summed E-state index contributed by atoms with van der Waals surface area (Å²) in [7, 11) is 0. The third kappa shape index (κ3) is 5.17. The third-order valence-electron chi connectivity index (χ3n) is 3.25. The zero-order valence-corrected chi connectivity index (χ0v) is 11.9. The van der Waals surface area contributed by atoms with Crippen LogP contribution in [0.3, 0.4) is 0 Å². The molecule has 0 aromatic rings. The van der Waals surface area contributed by atoms with Gasteiger partial charge in [0.15, 0.2) is 0 Å². The molecule has 0 aromatic heterocycles. The monoisotopic (exact) mass is 258 g/mol. The van der Waals surface area contributed by atoms with Crippen LogP contribution < -0.4 is 16.6 Å². The molecule has 1 fully saturated rings. The fraction of sp³-hybridized carbons (Fsp3) is 0.917. The van der Waals surface area contributed by atoms with Crippen molar-refractivity contribution in [2.24, 2.45) is 10.8 Å². The van der Waals surface area contributed by atoms with Gasteiger partial charge in [0.2, 0.25) is 5.96 Å². The minimum atomic E-state index is 0.509. The smallest absolute Gasteiger partial charge is 0.205 e. The summed E-state index contributed by atoms with van der Waals surface area (Å²) in [5.74, 6) is 6.26. The quantitative estimate of drug-likeness (QED) is 0.232. The molecule has 0 radical (unpaired) electrons. The van der Waals surface area contributed by atoms with E-state index in [0.717, 1.165) is 25.3 Å². The first-order valence-electron chi connectivity index (χ1n) is 6.62. The standard InChI is InChI=1S/C12H26N4S/c1-3-4-9-14-12(16-13)15-10-7-5-6-8-11(10)17-2/h10-11H,3-9,13H2,1-2H3,(H2,14,15,16). The average Bonchev–Trinajstić information content (AvgIpc) is 2.38. The Morgan fingerprint density at radius 1 is 1.41 bits per heavy atom. The second kappa shape index (κ2) is 8.64. The van der Waals surface area contributed by atoms with Gasteiger partial charge in [-0.1, -0.05) is 26.2 Å². The van der Waals surface area contributed by atoms with Crippen molar-refractivity contribution in [2.75, 3.05) is 12.8 Å². The maximum atomic E-state index is 5.51. The lowest BCUT2D eigenvalue weighted by molar-refractivity contribution is 0.422. The molecule has 0 heterocycles. The molecule has 0 bridgehead atoms. The van der Waals surface area contributed by atoms with Crippen molar-refractivity contribution in [3.63, 3.8) is 0 Å². The predicted octanol–water partition coefficient (Wildman–Crippen LogP) is 1.87. The van der Waals surface area contributed by atoms with Gasteiger partial charge in [0.05, 0.1) is 0 Å². The molecule has 1 rings (SSSR count). The average molecular weight is 258 g/mol. The molecule has 1 aliphatic carbocycles. The van der Waals surface area contributed by atoms with Crippen molar-refractivity contribution in [2.45, 2.75) is 56.7 Å². The van der Waals surface area contributed by atoms with Crippen molar-refractivity contribution in [1.29, 1.82) is 0 Å². The van der Waals surface area contributed by atoms with Gasteiger partial charge in [-0.25, -0.2) is 5.84 Å². The maximum absolute atomic E-state index is 5.51. The Balaban J connectivity index is 2.44. The van der Waals surface area contributed by atoms with Crippen molar-refractivity contribution in [3.8, 4) is 0 Å². The summed E-state index contributed by atoms with van der Waals surface area (Å²) in [5, 5.41) is 4.15. The molecule has 1 aliphatic rings. The Labute approximate surface area is 109 Å². The summed E-state index contributed by atoms with van der Waals surface area (Å²) in [4.78, 5) is 4.45. The van der Waals surface area contributed by atoms with Crippen LogP contribution in [0.15, 0.2) is 4.99 Å². The molecule has 0 saturated heterocycles. The number of aliphatic imine (C=N–C) groups is 1. The van der Waals surface area contributed by atoms with E-state index in [4.69, 9.17) is 5.84 Å². The Hall–Kier alpha value is -0.420. The highest BCUT2D eigenvalue weighted by Crippen LogP contribution is 2.26. The fourth-order valence-corrected chi connectivity index (χ4v) is 3.14. The molecule has 17 heavy (non-hydrogen) atoms. The van der Waals surface area contributed by atoms with E-state index in [9.17, 15) is 0 Å². The molecule has 4 nitrogen and oxygen atoms in total. The normalized spacial score (nSPS) is 25.7. The zero-order chi connectivity index (χ0) is 12.5. The lowest BCUT2D eigenvalue weighted by atomic mass is 9.95. The SMILES string of the molecule is CCCCN=C(NN)NC1CCCCC1SC. The number of hydrogen-bond donors (Lipinski definition) is 3. The number of hydrogen-bond acceptors (Lipinski definition) is 3. The van der Waals surface area contributed by atoms with Gasteiger partial charge < -0.3 is 5.32 Å². The van der Waals surface area contributed by atoms with Crippen LogP contribution >= 0.6 is 11.8 Å². The number of nitrogens with one attached hydrogen (secondary N) is 2. The van der Waals surface area contributed by atoms with Gasteiger partial charge in [-0.2, -0.15) is 11.8 Å². The summed E-state index contributed by atoms with van der Waals surface area (Å²) in [5.41, 5.74) is 2.68. The van der Waals surface area contributed by atoms with Crippen LogP contribution in [-0.4, -0.2) is 30.1 Å². The number of nitrogens with two attached hydrogens (primary N) is 1. The topological polar surface area (TPSA) is 62.4 Å². The van der Waals surface area contributed by atoms with Gasteiger partial charge in [-0.15, -0.1) is 0 Å². The fourth-order valence-electron chi connectivity index (χ4n) is 2.20. The van der Waals surface area contributed by atoms with Crippen molar-refractivity contribution < 1.29 is 0 Å². The highest BCUT2D eigenvalue weighted by Gasteiger charge is 2.24. The molecular formula is C12H26N4S. The van der Waals surface area contributed by atoms with Crippen LogP contribution in [-0.2, 0) is 0 Å². The van der Waals surface area contributed by atoms with Gasteiger partial charge in [0.25, 0.3) is 0 Å². The molecule has 1 saturated carbocycles. The Bertz CT molecular complexity index is 233. The van der Waals surface area contributed by atoms with Gasteiger partial charge in [-0.05, 0) is 25.5 Å². The second-order valence-corrected chi connectivity index (χ2v) is 5.61. The number of unbranched alkanes of at least 4 members (excludes halogenated alkanes) is 1. The van der Waals surface area contributed by atoms with Crippen LogP contribution in [0.1, 0.15) is 45.4 Å². The summed E-state index contributed by atoms with van der Waals surface area (Å²) >= 11 is 1.95. The van der Waals surface area contributed by atoms with Gasteiger partial charge in [-0.3, -0.25) is 10.4 Å². The minimum Gasteiger partial charge on any atom is -0.351 e. The summed E-state index contributed by atoms with van der Waals surface area (Å²) in [6.45, 7) is 3.02. The largest absolute Gasteiger partial charge is 0.351 e. The Morgan fingerprint density at radius 3 is 2.82 bits per heavy atom. The second-order valence-electron chi connectivity index (χ2n) is 4.54. The number of guanidine groups is 1. The maximum Gasteiger partial charge on any atom is 0.205 e. The number of hydrazine groups is 1. The lowest BCUT2D eigenvalue weighted by Gasteiger charge is -2.31. The predicted molar refractivity (Wildman–Crippen MR) is 77.2 cm³/mol. The molecule has 0 amide bonds. The van der Waals surface area contributed by atoms with Gasteiger partial charge in [0, 0.05) is 17.8 Å². The molecular weight excluding hydrogens is 232 g/mol. The zero-order valence-electron chi connectivity index (χ0n) is 11.0. The Morgan fingerprint density at radius 2 is 2.18 bits per heavy atom. The minimum absolute atomic E-state index is 0.509. The number of nitrogens with zero attached hydrogens (tertiary/aromatic N) is 1. The molecule has 5 heteroatoms. The van der Waals surface area contributed by atoms with Crippen molar-refractivity contribution >= 4 is 17.7 Å². The molecule has 0 aromatic carbocycles. The van der Waals surface area contributed by atoms with E-state index in [1.165, 1.54) is 25.7 Å². The van der Waals surface area contributed by atoms with Crippen LogP contribution in [0.4, 0.5) is 0 Å². The van der Waals surface area contributed by atoms with E-state index in [1.807, 2.05) is 11.8 Å². The number of thioether (sulfide) groups is 1. The van der Waals surface area contributed by atoms with Gasteiger partial charge >= 0.3 is 0 Å². The van der Waals surface area contributed by atoms with Crippen molar-refractivity contribution in [3.05, 3.63) is 0 Å². The third-order valence-corrected chi connectivity index (χ3v) is 4.42. The van der Waals surface area contributed by atoms with Crippen LogP contribution in [0.25, 0.3) is 0 Å². The molecule has 4 N–H and O–H groups in total. The van der Waals surface area contributed by atoms with E-state index < -0.39 is 0 Å².